The number of carbonyl (C=O) groups is 1. The van der Waals surface area contributed by atoms with Crippen molar-refractivity contribution in [2.45, 2.75) is 20.4 Å². The first-order valence-corrected chi connectivity index (χ1v) is 8.21. The summed E-state index contributed by atoms with van der Waals surface area (Å²) in [5.74, 6) is -0.0733. The fourth-order valence-corrected chi connectivity index (χ4v) is 2.52. The van der Waals surface area contributed by atoms with Crippen molar-refractivity contribution in [2.24, 2.45) is 0 Å². The average Bonchev–Trinajstić information content (AvgIpc) is 2.65. The highest BCUT2D eigenvalue weighted by atomic mass is 19.1. The number of carbonyl (C=O) groups excluding carboxylic acids is 1. The number of nitrogens with one attached hydrogen (secondary N) is 2. The lowest BCUT2D eigenvalue weighted by Crippen LogP contribution is -2.24. The largest absolute Gasteiger partial charge is 0.347 e. The van der Waals surface area contributed by atoms with E-state index in [1.54, 1.807) is 12.1 Å². The Morgan fingerprint density at radius 1 is 1.00 bits per heavy atom. The van der Waals surface area contributed by atoms with Crippen molar-refractivity contribution in [3.05, 3.63) is 83.1 Å². The second kappa shape index (κ2) is 7.74. The van der Waals surface area contributed by atoms with E-state index in [-0.39, 0.29) is 17.4 Å². The molecule has 0 aliphatic rings. The van der Waals surface area contributed by atoms with Crippen molar-refractivity contribution in [1.82, 2.24) is 15.3 Å². The van der Waals surface area contributed by atoms with Gasteiger partial charge < -0.3 is 10.6 Å². The van der Waals surface area contributed by atoms with Crippen molar-refractivity contribution in [1.29, 1.82) is 0 Å². The molecule has 0 atom stereocenters. The maximum Gasteiger partial charge on any atom is 0.271 e. The number of hydrogen-bond donors (Lipinski definition) is 2. The molecule has 0 aliphatic heterocycles. The van der Waals surface area contributed by atoms with Gasteiger partial charge in [-0.2, -0.15) is 0 Å². The molecule has 26 heavy (non-hydrogen) atoms. The number of halogens is 1. The molecule has 0 saturated heterocycles. The van der Waals surface area contributed by atoms with Gasteiger partial charge in [0.2, 0.25) is 0 Å². The van der Waals surface area contributed by atoms with Gasteiger partial charge in [0.1, 0.15) is 17.3 Å². The zero-order valence-corrected chi connectivity index (χ0v) is 14.6. The van der Waals surface area contributed by atoms with Crippen molar-refractivity contribution in [3.8, 4) is 0 Å². The number of amides is 1. The molecular weight excluding hydrogens is 331 g/mol. The standard InChI is InChI=1S/C20H19FN4O/c1-13-4-3-5-14(2)19(13)25-18-12-22-17(11-23-18)20(26)24-10-15-6-8-16(21)9-7-15/h3-9,11-12H,10H2,1-2H3,(H,23,25)(H,24,26). The molecule has 3 aromatic rings. The van der Waals surface area contributed by atoms with Gasteiger partial charge in [-0.3, -0.25) is 4.79 Å². The van der Waals surface area contributed by atoms with Gasteiger partial charge in [0.15, 0.2) is 0 Å². The van der Waals surface area contributed by atoms with E-state index in [1.807, 2.05) is 32.0 Å². The molecule has 1 amide bonds. The van der Waals surface area contributed by atoms with Crippen molar-refractivity contribution in [3.63, 3.8) is 0 Å². The van der Waals surface area contributed by atoms with E-state index in [2.05, 4.69) is 20.6 Å². The maximum atomic E-state index is 12.9. The summed E-state index contributed by atoms with van der Waals surface area (Å²) in [5, 5.41) is 5.97. The fourth-order valence-electron chi connectivity index (χ4n) is 2.52. The molecule has 5 nitrogen and oxygen atoms in total. The molecule has 1 aromatic heterocycles. The van der Waals surface area contributed by atoms with E-state index >= 15 is 0 Å². The van der Waals surface area contributed by atoms with Crippen LogP contribution >= 0.6 is 0 Å². The first-order chi connectivity index (χ1) is 12.5. The number of rotatable bonds is 5. The Labute approximate surface area is 151 Å². The van der Waals surface area contributed by atoms with Crippen molar-refractivity contribution >= 4 is 17.4 Å². The summed E-state index contributed by atoms with van der Waals surface area (Å²) in [7, 11) is 0. The Kier molecular flexibility index (Phi) is 5.22. The molecule has 3 rings (SSSR count). The summed E-state index contributed by atoms with van der Waals surface area (Å²) in [4.78, 5) is 20.6. The third kappa shape index (κ3) is 4.22. The van der Waals surface area contributed by atoms with Gasteiger partial charge in [-0.25, -0.2) is 14.4 Å². The van der Waals surface area contributed by atoms with Gasteiger partial charge in [-0.15, -0.1) is 0 Å². The first-order valence-electron chi connectivity index (χ1n) is 8.21. The van der Waals surface area contributed by atoms with Crippen LogP contribution in [0.4, 0.5) is 15.9 Å². The Morgan fingerprint density at radius 2 is 1.69 bits per heavy atom. The Morgan fingerprint density at radius 3 is 2.31 bits per heavy atom. The predicted molar refractivity (Wildman–Crippen MR) is 98.8 cm³/mol. The lowest BCUT2D eigenvalue weighted by Gasteiger charge is -2.11. The van der Waals surface area contributed by atoms with E-state index in [0.29, 0.717) is 12.4 Å². The number of nitrogens with zero attached hydrogens (tertiary/aromatic N) is 2. The van der Waals surface area contributed by atoms with E-state index < -0.39 is 0 Å². The quantitative estimate of drug-likeness (QED) is 0.732. The highest BCUT2D eigenvalue weighted by molar-refractivity contribution is 5.92. The first kappa shape index (κ1) is 17.5. The van der Waals surface area contributed by atoms with Crippen LogP contribution < -0.4 is 10.6 Å². The molecule has 0 aliphatic carbocycles. The molecule has 0 radical (unpaired) electrons. The zero-order chi connectivity index (χ0) is 18.5. The minimum atomic E-state index is -0.333. The van der Waals surface area contributed by atoms with Gasteiger partial charge in [0.25, 0.3) is 5.91 Å². The average molecular weight is 350 g/mol. The van der Waals surface area contributed by atoms with E-state index in [4.69, 9.17) is 0 Å². The topological polar surface area (TPSA) is 66.9 Å². The summed E-state index contributed by atoms with van der Waals surface area (Å²) < 4.78 is 12.9. The lowest BCUT2D eigenvalue weighted by molar-refractivity contribution is 0.0945. The number of para-hydroxylation sites is 1. The van der Waals surface area contributed by atoms with Crippen molar-refractivity contribution < 1.29 is 9.18 Å². The molecular formula is C20H19FN4O. The van der Waals surface area contributed by atoms with Crippen LogP contribution in [0.25, 0.3) is 0 Å². The molecule has 0 unspecified atom stereocenters. The van der Waals surface area contributed by atoms with Crippen LogP contribution in [-0.2, 0) is 6.54 Å². The van der Waals surface area contributed by atoms with Crippen LogP contribution in [0.3, 0.4) is 0 Å². The summed E-state index contributed by atoms with van der Waals surface area (Å²) in [5.41, 5.74) is 4.22. The molecule has 0 fully saturated rings. The van der Waals surface area contributed by atoms with E-state index in [9.17, 15) is 9.18 Å². The summed E-state index contributed by atoms with van der Waals surface area (Å²) in [6, 6.07) is 12.0. The monoisotopic (exact) mass is 350 g/mol. The molecule has 2 N–H and O–H groups in total. The van der Waals surface area contributed by atoms with Gasteiger partial charge >= 0.3 is 0 Å². The number of hydrogen-bond acceptors (Lipinski definition) is 4. The summed E-state index contributed by atoms with van der Waals surface area (Å²) in [6.45, 7) is 4.32. The van der Waals surface area contributed by atoms with Crippen LogP contribution in [-0.4, -0.2) is 15.9 Å². The third-order valence-corrected chi connectivity index (χ3v) is 3.99. The second-order valence-electron chi connectivity index (χ2n) is 5.99. The van der Waals surface area contributed by atoms with Crippen LogP contribution in [0.5, 0.6) is 0 Å². The van der Waals surface area contributed by atoms with Crippen LogP contribution in [0.15, 0.2) is 54.9 Å². The Hall–Kier alpha value is -3.28. The number of aryl methyl sites for hydroxylation is 2. The number of anilines is 2. The Bertz CT molecular complexity index is 888. The summed E-state index contributed by atoms with van der Waals surface area (Å²) >= 11 is 0. The van der Waals surface area contributed by atoms with Gasteiger partial charge in [0, 0.05) is 12.2 Å². The van der Waals surface area contributed by atoms with Crippen LogP contribution in [0, 0.1) is 19.7 Å². The SMILES string of the molecule is Cc1cccc(C)c1Nc1cnc(C(=O)NCc2ccc(F)cc2)cn1. The molecule has 6 heteroatoms. The molecule has 0 bridgehead atoms. The van der Waals surface area contributed by atoms with Crippen LogP contribution in [0.2, 0.25) is 0 Å². The van der Waals surface area contributed by atoms with Crippen molar-refractivity contribution in [2.75, 3.05) is 5.32 Å². The van der Waals surface area contributed by atoms with E-state index in [0.717, 1.165) is 22.4 Å². The number of aromatic nitrogens is 2. The maximum absolute atomic E-state index is 12.9. The predicted octanol–water partition coefficient (Wildman–Crippen LogP) is 3.91. The van der Waals surface area contributed by atoms with Crippen LogP contribution in [0.1, 0.15) is 27.2 Å². The lowest BCUT2D eigenvalue weighted by atomic mass is 10.1. The van der Waals surface area contributed by atoms with Gasteiger partial charge in [0.05, 0.1) is 12.4 Å². The third-order valence-electron chi connectivity index (χ3n) is 3.99. The molecule has 132 valence electrons. The zero-order valence-electron chi connectivity index (χ0n) is 14.6. The van der Waals surface area contributed by atoms with Gasteiger partial charge in [-0.1, -0.05) is 30.3 Å². The minimum Gasteiger partial charge on any atom is -0.347 e. The second-order valence-corrected chi connectivity index (χ2v) is 5.99. The van der Waals surface area contributed by atoms with E-state index in [1.165, 1.54) is 24.5 Å². The highest BCUT2D eigenvalue weighted by Gasteiger charge is 2.09. The minimum absolute atomic E-state index is 0.221. The van der Waals surface area contributed by atoms with Gasteiger partial charge in [-0.05, 0) is 42.7 Å². The number of benzene rings is 2. The molecule has 0 saturated carbocycles. The molecule has 2 aromatic carbocycles. The normalized spacial score (nSPS) is 10.4. The fraction of sp³-hybridized carbons (Fsp3) is 0.150. The molecule has 0 spiro atoms. The smallest absolute Gasteiger partial charge is 0.271 e. The Balaban J connectivity index is 1.63. The molecule has 1 heterocycles. The highest BCUT2D eigenvalue weighted by Crippen LogP contribution is 2.22. The summed E-state index contributed by atoms with van der Waals surface area (Å²) in [6.07, 6.45) is 2.95.